The molecule has 3 aliphatic heterocycles. The number of alkyl halides is 2. The van der Waals surface area contributed by atoms with Gasteiger partial charge in [0, 0.05) is 89.9 Å². The van der Waals surface area contributed by atoms with Crippen molar-refractivity contribution in [2.75, 3.05) is 13.2 Å². The summed E-state index contributed by atoms with van der Waals surface area (Å²) in [5.74, 6) is 4.81. The van der Waals surface area contributed by atoms with E-state index in [-0.39, 0.29) is 7.43 Å². The van der Waals surface area contributed by atoms with Crippen LogP contribution in [0.4, 0.5) is 0 Å². The van der Waals surface area contributed by atoms with E-state index in [4.69, 9.17) is 56.6 Å². The molecular formula is C25H28Br2OS15. The van der Waals surface area contributed by atoms with E-state index >= 15 is 0 Å². The van der Waals surface area contributed by atoms with E-state index in [1.165, 1.54) is 74.5 Å². The molecule has 43 heavy (non-hydrogen) atoms. The van der Waals surface area contributed by atoms with E-state index in [0.717, 1.165) is 36.4 Å². The molecule has 0 saturated carbocycles. The Morgan fingerprint density at radius 1 is 0.605 bits per heavy atom. The number of thiophene rings is 1. The maximum atomic E-state index is 5.05. The number of halogens is 2. The minimum Gasteiger partial charge on any atom is -0.381 e. The van der Waals surface area contributed by atoms with E-state index in [1.807, 2.05) is 23.5 Å². The first kappa shape index (κ1) is 38.5. The average Bonchev–Trinajstić information content (AvgIpc) is 3.82. The minimum atomic E-state index is 0. The molecule has 18 heteroatoms. The number of hydrogen-bond acceptors (Lipinski definition) is 16. The molecule has 0 bridgehead atoms. The zero-order chi connectivity index (χ0) is 31.9. The van der Waals surface area contributed by atoms with Crippen molar-refractivity contribution in [1.82, 2.24) is 0 Å². The topological polar surface area (TPSA) is 9.23 Å². The summed E-state index contributed by atoms with van der Waals surface area (Å²) in [5, 5.41) is 6.14. The van der Waals surface area contributed by atoms with Crippen LogP contribution in [-0.2, 0) is 38.4 Å². The van der Waals surface area contributed by atoms with E-state index in [1.54, 1.807) is 102 Å². The molecule has 238 valence electrons. The summed E-state index contributed by atoms with van der Waals surface area (Å²) in [4.78, 5) is 8.80. The second-order valence-electron chi connectivity index (χ2n) is 8.03. The van der Waals surface area contributed by atoms with Crippen molar-refractivity contribution < 1.29 is 7.71 Å². The van der Waals surface area contributed by atoms with Crippen molar-refractivity contribution in [3.05, 3.63) is 52.6 Å². The molecule has 0 aromatic carbocycles. The molecule has 5 aromatic heterocycles. The Balaban J connectivity index is 0.000000194. The number of ether oxygens (including phenoxy) is 1. The fraction of sp³-hybridized carbons (Fsp3) is 0.440. The van der Waals surface area contributed by atoms with Crippen LogP contribution < -0.4 is 0 Å². The van der Waals surface area contributed by atoms with Crippen LogP contribution >= 0.6 is 206 Å². The van der Waals surface area contributed by atoms with Gasteiger partial charge in [-0.1, -0.05) is 88.2 Å². The van der Waals surface area contributed by atoms with Crippen molar-refractivity contribution in [3.63, 3.8) is 0 Å². The van der Waals surface area contributed by atoms with Gasteiger partial charge in [0.15, 0.2) is 0 Å². The van der Waals surface area contributed by atoms with Gasteiger partial charge in [-0.3, -0.25) is 0 Å². The van der Waals surface area contributed by atoms with E-state index in [9.17, 15) is 0 Å². The molecule has 3 aliphatic rings. The van der Waals surface area contributed by atoms with Crippen LogP contribution in [0.1, 0.15) is 52.5 Å². The number of fused-ring (bicyclic) bond motifs is 3. The average molecular weight is 987 g/mol. The van der Waals surface area contributed by atoms with Crippen molar-refractivity contribution in [2.24, 2.45) is 0 Å². The third-order valence-corrected chi connectivity index (χ3v) is 21.6. The van der Waals surface area contributed by atoms with Gasteiger partial charge in [-0.25, -0.2) is 0 Å². The summed E-state index contributed by atoms with van der Waals surface area (Å²) in [5.41, 5.74) is 0. The van der Waals surface area contributed by atoms with Crippen LogP contribution in [0.2, 0.25) is 0 Å². The Bertz CT molecular complexity index is 1590. The van der Waals surface area contributed by atoms with Crippen LogP contribution in [-0.4, -0.2) is 13.2 Å². The number of thioether (sulfide) groups is 2. The van der Waals surface area contributed by atoms with Crippen LogP contribution in [0, 0.1) is 12.6 Å². The minimum absolute atomic E-state index is 0. The summed E-state index contributed by atoms with van der Waals surface area (Å²) < 4.78 is 21.9. The van der Waals surface area contributed by atoms with E-state index in [0.29, 0.717) is 0 Å². The molecule has 1 nitrogen and oxygen atoms in total. The fourth-order valence-electron chi connectivity index (χ4n) is 3.26. The lowest BCUT2D eigenvalue weighted by Crippen LogP contribution is -1.74. The second kappa shape index (κ2) is 21.7. The predicted octanol–water partition coefficient (Wildman–Crippen LogP) is 16.3. The largest absolute Gasteiger partial charge is 0.381 e. The maximum absolute atomic E-state index is 5.05. The summed E-state index contributed by atoms with van der Waals surface area (Å²) in [6.07, 6.45) is 2.56. The zero-order valence-electron chi connectivity index (χ0n) is 23.5. The Kier molecular flexibility index (Phi) is 19.4. The summed E-state index contributed by atoms with van der Waals surface area (Å²) in [6.45, 7) is 2.00. The lowest BCUT2D eigenvalue weighted by atomic mass is 10.4. The Morgan fingerprint density at radius 3 is 1.28 bits per heavy atom. The van der Waals surface area contributed by atoms with Crippen LogP contribution in [0.3, 0.4) is 0 Å². The molecule has 8 rings (SSSR count). The molecule has 8 heterocycles. The standard InChI is InChI=1S/C5H4Br2S3.2C5H4S4.C5H2S4.C4H8O.CH4.H2/c6-1-3-4(2-7)10-5(8)9-3;3*6-5-8-3-1-7-2-4(3)9-5;1-2-4-5-3-1;;/h1-2H2;2*1-2H2;1-2H;1-4H2;1H4;1H/i;;;;;;1+1D. The first-order chi connectivity index (χ1) is 21.4. The molecule has 1 saturated heterocycles. The molecule has 0 amide bonds. The maximum Gasteiger partial charge on any atom is 0.144 e. The predicted molar refractivity (Wildman–Crippen MR) is 232 cm³/mol. The molecule has 0 atom stereocenters. The first-order valence-corrected chi connectivity index (χ1v) is 25.7. The molecule has 0 aliphatic carbocycles. The molecule has 0 N–H and O–H groups in total. The van der Waals surface area contributed by atoms with Gasteiger partial charge in [-0.15, -0.1) is 102 Å². The fourth-order valence-corrected chi connectivity index (χ4v) is 19.9. The SMILES string of the molecule is C.C1CCOC1.S=c1sc(CBr)c(CBr)s1.S=c1sc2c(s1)CSC2.S=c1sc2c(s1)CSC2.S=c1sc2cscc2s1.[2H][2H]. The zero-order valence-corrected chi connectivity index (χ0v) is 36.9. The molecule has 0 spiro atoms. The Morgan fingerprint density at radius 2 is 0.953 bits per heavy atom. The van der Waals surface area contributed by atoms with Crippen LogP contribution in [0.5, 0.6) is 0 Å². The highest BCUT2D eigenvalue weighted by atomic mass is 79.9. The monoisotopic (exact) mass is 984 g/mol. The highest BCUT2D eigenvalue weighted by Crippen LogP contribution is 2.38. The lowest BCUT2D eigenvalue weighted by molar-refractivity contribution is 0.198. The summed E-state index contributed by atoms with van der Waals surface area (Å²) in [7, 11) is 0. The molecule has 0 radical (unpaired) electrons. The van der Waals surface area contributed by atoms with Crippen molar-refractivity contribution >= 4 is 216 Å². The van der Waals surface area contributed by atoms with Crippen LogP contribution in [0.15, 0.2) is 10.8 Å². The summed E-state index contributed by atoms with van der Waals surface area (Å²) in [6, 6.07) is 0. The molecule has 5 aromatic rings. The highest BCUT2D eigenvalue weighted by Gasteiger charge is 2.14. The molecule has 1 fully saturated rings. The number of rotatable bonds is 2. The normalized spacial score (nSPS) is 14.3. The van der Waals surface area contributed by atoms with Gasteiger partial charge in [-0.2, -0.15) is 23.5 Å². The smallest absolute Gasteiger partial charge is 0.144 e. The molecule has 0 unspecified atom stereocenters. The molecular weight excluding hydrogens is 957 g/mol. The highest BCUT2D eigenvalue weighted by molar-refractivity contribution is 9.09. The van der Waals surface area contributed by atoms with Gasteiger partial charge in [0.1, 0.15) is 12.6 Å². The quantitative estimate of drug-likeness (QED) is 0.127. The third kappa shape index (κ3) is 13.5. The van der Waals surface area contributed by atoms with Crippen molar-refractivity contribution in [2.45, 2.75) is 53.9 Å². The van der Waals surface area contributed by atoms with Crippen molar-refractivity contribution in [3.8, 4) is 0 Å². The van der Waals surface area contributed by atoms with E-state index < -0.39 is 0 Å². The van der Waals surface area contributed by atoms with Crippen LogP contribution in [0.25, 0.3) is 9.40 Å². The van der Waals surface area contributed by atoms with Gasteiger partial charge in [0.2, 0.25) is 0 Å². The van der Waals surface area contributed by atoms with Gasteiger partial charge in [-0.05, 0) is 12.8 Å². The lowest BCUT2D eigenvalue weighted by Gasteiger charge is -1.89. The van der Waals surface area contributed by atoms with Gasteiger partial charge < -0.3 is 4.74 Å². The third-order valence-electron chi connectivity index (χ3n) is 5.15. The second-order valence-corrected chi connectivity index (χ2v) is 25.3. The van der Waals surface area contributed by atoms with E-state index in [2.05, 4.69) is 42.6 Å². The summed E-state index contributed by atoms with van der Waals surface area (Å²) >= 11 is 46.7. The van der Waals surface area contributed by atoms with Gasteiger partial charge >= 0.3 is 0 Å². The van der Waals surface area contributed by atoms with Gasteiger partial charge in [0.25, 0.3) is 0 Å². The van der Waals surface area contributed by atoms with Crippen molar-refractivity contribution in [1.29, 1.82) is 0 Å². The number of hydrogen-bond donors (Lipinski definition) is 0. The van der Waals surface area contributed by atoms with Gasteiger partial charge in [0.05, 0.1) is 9.40 Å². The Labute approximate surface area is 338 Å². The first-order valence-electron chi connectivity index (χ1n) is 13.0. The Hall–Kier alpha value is 2.66.